The molecule has 0 amide bonds. The average molecular weight is 272 g/mol. The van der Waals surface area contributed by atoms with Gasteiger partial charge in [0.25, 0.3) is 0 Å². The van der Waals surface area contributed by atoms with Crippen molar-refractivity contribution in [2.75, 3.05) is 45.9 Å². The predicted octanol–water partition coefficient (Wildman–Crippen LogP) is 1.49. The van der Waals surface area contributed by atoms with Crippen molar-refractivity contribution >= 4 is 0 Å². The zero-order chi connectivity index (χ0) is 14.1. The fraction of sp³-hybridized carbons (Fsp3) is 1.00. The van der Waals surface area contributed by atoms with Crippen molar-refractivity contribution in [3.8, 4) is 0 Å². The van der Waals surface area contributed by atoms with E-state index in [-0.39, 0.29) is 6.61 Å². The molecule has 1 heterocycles. The van der Waals surface area contributed by atoms with Gasteiger partial charge in [-0.05, 0) is 31.2 Å². The molecule has 1 aliphatic heterocycles. The molecule has 0 radical (unpaired) electrons. The standard InChI is InChI=1S/C15H32N2O2/c1-4-15(3,12-16-5-2)13-17-8-6-14(7-9-17)19-11-10-18/h14,16,18H,4-13H2,1-3H3. The highest BCUT2D eigenvalue weighted by Crippen LogP contribution is 2.24. The van der Waals surface area contributed by atoms with E-state index in [9.17, 15) is 0 Å². The third-order valence-corrected chi connectivity index (χ3v) is 4.24. The Labute approximate surface area is 118 Å². The van der Waals surface area contributed by atoms with Crippen LogP contribution in [0.3, 0.4) is 0 Å². The number of piperidine rings is 1. The van der Waals surface area contributed by atoms with Crippen LogP contribution in [-0.2, 0) is 4.74 Å². The smallest absolute Gasteiger partial charge is 0.0701 e. The Kier molecular flexibility index (Phi) is 7.91. The molecule has 0 bridgehead atoms. The third kappa shape index (κ3) is 6.21. The van der Waals surface area contributed by atoms with Gasteiger partial charge in [0, 0.05) is 26.2 Å². The van der Waals surface area contributed by atoms with Crippen LogP contribution in [0.5, 0.6) is 0 Å². The Hall–Kier alpha value is -0.160. The van der Waals surface area contributed by atoms with Crippen LogP contribution in [0.1, 0.15) is 40.0 Å². The summed E-state index contributed by atoms with van der Waals surface area (Å²) in [5, 5.41) is 12.3. The first-order valence-electron chi connectivity index (χ1n) is 7.79. The highest BCUT2D eigenvalue weighted by molar-refractivity contribution is 4.82. The molecule has 0 spiro atoms. The zero-order valence-corrected chi connectivity index (χ0v) is 13.0. The largest absolute Gasteiger partial charge is 0.394 e. The number of nitrogens with one attached hydrogen (secondary N) is 1. The molecule has 1 atom stereocenters. The molecule has 0 aromatic carbocycles. The lowest BCUT2D eigenvalue weighted by molar-refractivity contribution is -0.0141. The summed E-state index contributed by atoms with van der Waals surface area (Å²) in [5.41, 5.74) is 0.370. The fourth-order valence-electron chi connectivity index (χ4n) is 2.71. The van der Waals surface area contributed by atoms with Crippen molar-refractivity contribution in [1.29, 1.82) is 0 Å². The van der Waals surface area contributed by atoms with Gasteiger partial charge >= 0.3 is 0 Å². The van der Waals surface area contributed by atoms with Crippen LogP contribution in [0.15, 0.2) is 0 Å². The topological polar surface area (TPSA) is 44.7 Å². The number of rotatable bonds is 9. The van der Waals surface area contributed by atoms with Crippen molar-refractivity contribution in [2.24, 2.45) is 5.41 Å². The van der Waals surface area contributed by atoms with Gasteiger partial charge in [0.15, 0.2) is 0 Å². The molecule has 4 nitrogen and oxygen atoms in total. The minimum atomic E-state index is 0.136. The number of aliphatic hydroxyl groups is 1. The van der Waals surface area contributed by atoms with Crippen LogP contribution in [0.25, 0.3) is 0 Å². The Morgan fingerprint density at radius 1 is 1.32 bits per heavy atom. The minimum Gasteiger partial charge on any atom is -0.394 e. The van der Waals surface area contributed by atoms with Gasteiger partial charge in [-0.1, -0.05) is 20.8 Å². The van der Waals surface area contributed by atoms with Crippen LogP contribution in [0.2, 0.25) is 0 Å². The Bertz CT molecular complexity index is 230. The molecule has 0 aromatic rings. The summed E-state index contributed by atoms with van der Waals surface area (Å²) in [7, 11) is 0. The number of hydrogen-bond acceptors (Lipinski definition) is 4. The molecule has 0 aliphatic carbocycles. The van der Waals surface area contributed by atoms with Gasteiger partial charge in [-0.15, -0.1) is 0 Å². The number of likely N-dealkylation sites (tertiary alicyclic amines) is 1. The molecule has 0 saturated carbocycles. The molecule has 2 N–H and O–H groups in total. The van der Waals surface area contributed by atoms with E-state index in [1.807, 2.05) is 0 Å². The van der Waals surface area contributed by atoms with Crippen LogP contribution in [0, 0.1) is 5.41 Å². The maximum atomic E-state index is 8.77. The van der Waals surface area contributed by atoms with Gasteiger partial charge in [-0.3, -0.25) is 0 Å². The highest BCUT2D eigenvalue weighted by Gasteiger charge is 2.27. The zero-order valence-electron chi connectivity index (χ0n) is 13.0. The van der Waals surface area contributed by atoms with E-state index in [1.54, 1.807) is 0 Å². The lowest BCUT2D eigenvalue weighted by atomic mass is 9.86. The van der Waals surface area contributed by atoms with Crippen molar-refractivity contribution in [3.05, 3.63) is 0 Å². The van der Waals surface area contributed by atoms with Crippen molar-refractivity contribution in [2.45, 2.75) is 46.1 Å². The molecule has 1 aliphatic rings. The molecule has 1 unspecified atom stereocenters. The van der Waals surface area contributed by atoms with Gasteiger partial charge in [0.1, 0.15) is 0 Å². The first kappa shape index (κ1) is 16.9. The van der Waals surface area contributed by atoms with Crippen LogP contribution < -0.4 is 5.32 Å². The predicted molar refractivity (Wildman–Crippen MR) is 79.4 cm³/mol. The van der Waals surface area contributed by atoms with Crippen LogP contribution in [0.4, 0.5) is 0 Å². The van der Waals surface area contributed by atoms with Crippen molar-refractivity contribution in [3.63, 3.8) is 0 Å². The summed E-state index contributed by atoms with van der Waals surface area (Å²) in [6.07, 6.45) is 3.76. The second-order valence-corrected chi connectivity index (χ2v) is 6.01. The third-order valence-electron chi connectivity index (χ3n) is 4.24. The summed E-state index contributed by atoms with van der Waals surface area (Å²) >= 11 is 0. The fourth-order valence-corrected chi connectivity index (χ4v) is 2.71. The second-order valence-electron chi connectivity index (χ2n) is 6.01. The number of aliphatic hydroxyl groups excluding tert-OH is 1. The number of hydrogen-bond donors (Lipinski definition) is 2. The van der Waals surface area contributed by atoms with E-state index in [0.717, 1.165) is 39.0 Å². The summed E-state index contributed by atoms with van der Waals surface area (Å²) in [6, 6.07) is 0. The van der Waals surface area contributed by atoms with E-state index in [4.69, 9.17) is 9.84 Å². The average Bonchev–Trinajstić information content (AvgIpc) is 2.44. The van der Waals surface area contributed by atoms with Crippen LogP contribution >= 0.6 is 0 Å². The van der Waals surface area contributed by atoms with Gasteiger partial charge in [0.05, 0.1) is 19.3 Å². The summed E-state index contributed by atoms with van der Waals surface area (Å²) in [4.78, 5) is 2.57. The van der Waals surface area contributed by atoms with Gasteiger partial charge in [-0.25, -0.2) is 0 Å². The van der Waals surface area contributed by atoms with E-state index >= 15 is 0 Å². The monoisotopic (exact) mass is 272 g/mol. The van der Waals surface area contributed by atoms with Gasteiger partial charge in [0.2, 0.25) is 0 Å². The summed E-state index contributed by atoms with van der Waals surface area (Å²) in [6.45, 7) is 13.0. The Morgan fingerprint density at radius 3 is 2.53 bits per heavy atom. The maximum absolute atomic E-state index is 8.77. The molecule has 1 fully saturated rings. The lowest BCUT2D eigenvalue weighted by Crippen LogP contribution is -2.46. The van der Waals surface area contributed by atoms with E-state index in [2.05, 4.69) is 31.0 Å². The maximum Gasteiger partial charge on any atom is 0.0701 e. The Morgan fingerprint density at radius 2 is 2.00 bits per heavy atom. The molecule has 1 rings (SSSR count). The Balaban J connectivity index is 2.30. The summed E-state index contributed by atoms with van der Waals surface area (Å²) < 4.78 is 5.61. The van der Waals surface area contributed by atoms with Crippen LogP contribution in [-0.4, -0.2) is 62.0 Å². The molecular weight excluding hydrogens is 240 g/mol. The van der Waals surface area contributed by atoms with E-state index in [1.165, 1.54) is 13.0 Å². The molecule has 0 aromatic heterocycles. The molecule has 114 valence electrons. The van der Waals surface area contributed by atoms with Crippen molar-refractivity contribution in [1.82, 2.24) is 10.2 Å². The molecule has 1 saturated heterocycles. The van der Waals surface area contributed by atoms with Crippen molar-refractivity contribution < 1.29 is 9.84 Å². The first-order chi connectivity index (χ1) is 9.13. The molecular formula is C15H32N2O2. The number of ether oxygens (including phenoxy) is 1. The van der Waals surface area contributed by atoms with E-state index in [0.29, 0.717) is 18.1 Å². The minimum absolute atomic E-state index is 0.136. The van der Waals surface area contributed by atoms with E-state index < -0.39 is 0 Å². The SMILES string of the molecule is CCNCC(C)(CC)CN1CCC(OCCO)CC1. The normalized spacial score (nSPS) is 21.5. The first-order valence-corrected chi connectivity index (χ1v) is 7.79. The quantitative estimate of drug-likeness (QED) is 0.667. The second kappa shape index (κ2) is 8.90. The highest BCUT2D eigenvalue weighted by atomic mass is 16.5. The molecule has 19 heavy (non-hydrogen) atoms. The molecule has 4 heteroatoms. The number of nitrogens with zero attached hydrogens (tertiary/aromatic N) is 1. The van der Waals surface area contributed by atoms with Gasteiger partial charge < -0.3 is 20.1 Å². The van der Waals surface area contributed by atoms with Gasteiger partial charge in [-0.2, -0.15) is 0 Å². The lowest BCUT2D eigenvalue weighted by Gasteiger charge is -2.38. The summed E-state index contributed by atoms with van der Waals surface area (Å²) in [5.74, 6) is 0.